The number of fused-ring (bicyclic) bond motifs is 1. The first-order valence-electron chi connectivity index (χ1n) is 8.51. The van der Waals surface area contributed by atoms with Gasteiger partial charge in [0.25, 0.3) is 5.91 Å². The number of anilines is 1. The molecular formula is C19H20N2O4S. The van der Waals surface area contributed by atoms with Gasteiger partial charge in [0.15, 0.2) is 0 Å². The summed E-state index contributed by atoms with van der Waals surface area (Å²) in [6, 6.07) is 6.99. The van der Waals surface area contributed by atoms with Gasteiger partial charge in [0, 0.05) is 15.9 Å². The Balaban J connectivity index is 1.59. The zero-order chi connectivity index (χ0) is 18.5. The van der Waals surface area contributed by atoms with Crippen molar-refractivity contribution in [1.29, 1.82) is 0 Å². The van der Waals surface area contributed by atoms with E-state index >= 15 is 0 Å². The van der Waals surface area contributed by atoms with Crippen molar-refractivity contribution < 1.29 is 19.5 Å². The van der Waals surface area contributed by atoms with Gasteiger partial charge < -0.3 is 15.7 Å². The predicted molar refractivity (Wildman–Crippen MR) is 99.7 cm³/mol. The van der Waals surface area contributed by atoms with Gasteiger partial charge in [0.2, 0.25) is 5.91 Å². The summed E-state index contributed by atoms with van der Waals surface area (Å²) in [4.78, 5) is 35.9. The van der Waals surface area contributed by atoms with Crippen molar-refractivity contribution in [2.45, 2.75) is 32.1 Å². The third-order valence-electron chi connectivity index (χ3n) is 4.32. The number of carboxylic acids is 1. The number of thiophene rings is 1. The maximum Gasteiger partial charge on any atom is 0.322 e. The van der Waals surface area contributed by atoms with Crippen LogP contribution >= 0.6 is 11.3 Å². The summed E-state index contributed by atoms with van der Waals surface area (Å²) >= 11 is 1.66. The van der Waals surface area contributed by atoms with Gasteiger partial charge in [-0.15, -0.1) is 11.3 Å². The number of carboxylic acid groups (broad SMARTS) is 1. The van der Waals surface area contributed by atoms with Crippen molar-refractivity contribution in [2.24, 2.45) is 0 Å². The van der Waals surface area contributed by atoms with Gasteiger partial charge in [-0.25, -0.2) is 0 Å². The molecule has 1 heterocycles. The van der Waals surface area contributed by atoms with E-state index in [1.807, 2.05) is 5.38 Å². The number of carbonyl (C=O) groups is 3. The van der Waals surface area contributed by atoms with E-state index in [4.69, 9.17) is 5.11 Å². The molecule has 1 aliphatic rings. The Hall–Kier alpha value is -2.67. The van der Waals surface area contributed by atoms with Crippen LogP contribution in [0.4, 0.5) is 5.69 Å². The molecule has 3 rings (SSSR count). The molecule has 7 heteroatoms. The van der Waals surface area contributed by atoms with Crippen LogP contribution < -0.4 is 10.6 Å². The van der Waals surface area contributed by atoms with E-state index in [0.717, 1.165) is 30.4 Å². The quantitative estimate of drug-likeness (QED) is 0.726. The molecule has 6 nitrogen and oxygen atoms in total. The molecule has 136 valence electrons. The number of benzene rings is 1. The van der Waals surface area contributed by atoms with E-state index in [9.17, 15) is 14.4 Å². The summed E-state index contributed by atoms with van der Waals surface area (Å²) in [6.45, 7) is -0.391. The van der Waals surface area contributed by atoms with E-state index in [2.05, 4.69) is 10.6 Å². The summed E-state index contributed by atoms with van der Waals surface area (Å²) in [5.41, 5.74) is 3.37. The normalized spacial score (nSPS) is 12.9. The van der Waals surface area contributed by atoms with Crippen molar-refractivity contribution in [2.75, 3.05) is 11.9 Å². The van der Waals surface area contributed by atoms with Crippen LogP contribution in [0.25, 0.3) is 0 Å². The zero-order valence-corrected chi connectivity index (χ0v) is 15.0. The molecule has 0 aliphatic heterocycles. The minimum atomic E-state index is -1.08. The minimum Gasteiger partial charge on any atom is -0.480 e. The van der Waals surface area contributed by atoms with Crippen molar-refractivity contribution in [3.05, 3.63) is 51.2 Å². The molecule has 0 atom stereocenters. The first kappa shape index (κ1) is 18.1. The van der Waals surface area contributed by atoms with Crippen molar-refractivity contribution in [3.63, 3.8) is 0 Å². The lowest BCUT2D eigenvalue weighted by Crippen LogP contribution is -2.30. The van der Waals surface area contributed by atoms with Crippen LogP contribution in [0, 0.1) is 0 Å². The Morgan fingerprint density at radius 3 is 2.54 bits per heavy atom. The van der Waals surface area contributed by atoms with Gasteiger partial charge in [-0.3, -0.25) is 14.4 Å². The summed E-state index contributed by atoms with van der Waals surface area (Å²) < 4.78 is 0. The summed E-state index contributed by atoms with van der Waals surface area (Å²) in [5.74, 6) is -1.53. The van der Waals surface area contributed by atoms with Crippen molar-refractivity contribution >= 4 is 34.8 Å². The highest BCUT2D eigenvalue weighted by molar-refractivity contribution is 7.10. The van der Waals surface area contributed by atoms with Gasteiger partial charge in [-0.05, 0) is 48.9 Å². The van der Waals surface area contributed by atoms with Gasteiger partial charge >= 0.3 is 5.97 Å². The fourth-order valence-corrected chi connectivity index (χ4v) is 4.14. The van der Waals surface area contributed by atoms with Crippen LogP contribution in [0.3, 0.4) is 0 Å². The van der Waals surface area contributed by atoms with Crippen LogP contribution in [0.2, 0.25) is 0 Å². The molecule has 0 fully saturated rings. The van der Waals surface area contributed by atoms with E-state index < -0.39 is 12.5 Å². The van der Waals surface area contributed by atoms with E-state index in [1.54, 1.807) is 35.6 Å². The van der Waals surface area contributed by atoms with Crippen LogP contribution in [0.5, 0.6) is 0 Å². The molecule has 2 aromatic rings. The fraction of sp³-hybridized carbons (Fsp3) is 0.316. The predicted octanol–water partition coefficient (Wildman–Crippen LogP) is 2.62. The monoisotopic (exact) mass is 372 g/mol. The highest BCUT2D eigenvalue weighted by Gasteiger charge is 2.20. The first-order valence-corrected chi connectivity index (χ1v) is 9.39. The first-order chi connectivity index (χ1) is 12.5. The Morgan fingerprint density at radius 2 is 1.81 bits per heavy atom. The van der Waals surface area contributed by atoms with Gasteiger partial charge in [0.1, 0.15) is 6.54 Å². The Morgan fingerprint density at radius 1 is 1.08 bits per heavy atom. The molecule has 1 aromatic heterocycles. The Bertz CT molecular complexity index is 827. The highest BCUT2D eigenvalue weighted by atomic mass is 32.1. The molecule has 0 radical (unpaired) electrons. The summed E-state index contributed by atoms with van der Waals surface area (Å²) in [6.07, 6.45) is 4.44. The molecule has 3 N–H and O–H groups in total. The lowest BCUT2D eigenvalue weighted by Gasteiger charge is -2.13. The third-order valence-corrected chi connectivity index (χ3v) is 5.41. The number of nitrogens with one attached hydrogen (secondary N) is 2. The smallest absolute Gasteiger partial charge is 0.322 e. The zero-order valence-electron chi connectivity index (χ0n) is 14.2. The van der Waals surface area contributed by atoms with Crippen LogP contribution in [-0.2, 0) is 28.9 Å². The standard InChI is InChI=1S/C19H20N2O4S/c22-17(20-10-18(23)24)9-12-5-7-13(8-6-12)21-19(25)15-11-26-16-4-2-1-3-14(15)16/h5-8,11H,1-4,9-10H2,(H,20,22)(H,21,25)(H,23,24). The molecule has 0 saturated carbocycles. The second-order valence-corrected chi connectivity index (χ2v) is 7.22. The molecule has 0 unspecified atom stereocenters. The molecule has 1 aliphatic carbocycles. The van der Waals surface area contributed by atoms with Crippen LogP contribution in [0.15, 0.2) is 29.6 Å². The fourth-order valence-electron chi connectivity index (χ4n) is 3.01. The molecule has 26 heavy (non-hydrogen) atoms. The van der Waals surface area contributed by atoms with Crippen LogP contribution in [0.1, 0.15) is 39.2 Å². The maximum atomic E-state index is 12.5. The van der Waals surface area contributed by atoms with Crippen LogP contribution in [-0.4, -0.2) is 29.4 Å². The largest absolute Gasteiger partial charge is 0.480 e. The lowest BCUT2D eigenvalue weighted by atomic mass is 9.95. The summed E-state index contributed by atoms with van der Waals surface area (Å²) in [5, 5.41) is 15.7. The highest BCUT2D eigenvalue weighted by Crippen LogP contribution is 2.30. The molecule has 1 aromatic carbocycles. The number of aryl methyl sites for hydroxylation is 1. The number of hydrogen-bond acceptors (Lipinski definition) is 4. The number of aliphatic carboxylic acids is 1. The van der Waals surface area contributed by atoms with E-state index in [-0.39, 0.29) is 18.2 Å². The number of hydrogen-bond donors (Lipinski definition) is 3. The Labute approximate surface area is 155 Å². The maximum absolute atomic E-state index is 12.5. The second-order valence-electron chi connectivity index (χ2n) is 6.26. The topological polar surface area (TPSA) is 95.5 Å². The molecule has 0 saturated heterocycles. The average molecular weight is 372 g/mol. The minimum absolute atomic E-state index is 0.0968. The molecule has 0 spiro atoms. The van der Waals surface area contributed by atoms with Gasteiger partial charge in [0.05, 0.1) is 12.0 Å². The van der Waals surface area contributed by atoms with Gasteiger partial charge in [-0.2, -0.15) is 0 Å². The summed E-state index contributed by atoms with van der Waals surface area (Å²) in [7, 11) is 0. The lowest BCUT2D eigenvalue weighted by molar-refractivity contribution is -0.137. The number of carbonyl (C=O) groups excluding carboxylic acids is 2. The molecule has 2 amide bonds. The average Bonchev–Trinajstić information content (AvgIpc) is 3.06. The Kier molecular flexibility index (Phi) is 5.68. The van der Waals surface area contributed by atoms with E-state index in [1.165, 1.54) is 16.9 Å². The molecule has 0 bridgehead atoms. The number of amides is 2. The van der Waals surface area contributed by atoms with E-state index in [0.29, 0.717) is 5.69 Å². The second kappa shape index (κ2) is 8.14. The number of rotatable bonds is 6. The van der Waals surface area contributed by atoms with Crippen molar-refractivity contribution in [3.8, 4) is 0 Å². The molecular weight excluding hydrogens is 352 g/mol. The SMILES string of the molecule is O=C(O)CNC(=O)Cc1ccc(NC(=O)c2csc3c2CCCC3)cc1. The third kappa shape index (κ3) is 4.49. The van der Waals surface area contributed by atoms with Gasteiger partial charge in [-0.1, -0.05) is 12.1 Å². The van der Waals surface area contributed by atoms with Crippen molar-refractivity contribution in [1.82, 2.24) is 5.32 Å².